The van der Waals surface area contributed by atoms with E-state index >= 15 is 0 Å². The van der Waals surface area contributed by atoms with Crippen LogP contribution in [0.25, 0.3) is 0 Å². The molecule has 220 valence electrons. The van der Waals surface area contributed by atoms with Gasteiger partial charge in [-0.05, 0) is 24.3 Å². The van der Waals surface area contributed by atoms with Gasteiger partial charge >= 0.3 is 12.0 Å². The van der Waals surface area contributed by atoms with E-state index in [1.807, 2.05) is 0 Å². The molecule has 0 aliphatic rings. The van der Waals surface area contributed by atoms with E-state index in [1.54, 1.807) is 4.72 Å². The number of nitrogens with zero attached hydrogens (tertiary/aromatic N) is 4. The molecule has 18 heteroatoms. The highest BCUT2D eigenvalue weighted by molar-refractivity contribution is 7.90. The summed E-state index contributed by atoms with van der Waals surface area (Å²) in [6.45, 7) is 0. The van der Waals surface area contributed by atoms with E-state index in [4.69, 9.17) is 42.5 Å². The minimum absolute atomic E-state index is 0.0849. The number of rotatable bonds is 8. The number of pyridine rings is 1. The maximum atomic E-state index is 12.5. The second-order valence-corrected chi connectivity index (χ2v) is 10.0. The molecule has 3 aromatic rings. The molecule has 0 atom stereocenters. The lowest BCUT2D eigenvalue weighted by Gasteiger charge is -2.14. The van der Waals surface area contributed by atoms with E-state index in [2.05, 4.69) is 20.3 Å². The highest BCUT2D eigenvalue weighted by Gasteiger charge is 2.27. The average Bonchev–Trinajstić information content (AvgIpc) is 2.93. The Morgan fingerprint density at radius 3 is 2.02 bits per heavy atom. The Morgan fingerprint density at radius 1 is 0.951 bits per heavy atom. The van der Waals surface area contributed by atoms with Crippen LogP contribution in [0.15, 0.2) is 41.6 Å². The Balaban J connectivity index is 0.000000377. The van der Waals surface area contributed by atoms with Crippen molar-refractivity contribution in [3.63, 3.8) is 0 Å². The van der Waals surface area contributed by atoms with E-state index in [-0.39, 0.29) is 44.6 Å². The predicted octanol–water partition coefficient (Wildman–Crippen LogP) is 2.80. The third kappa shape index (κ3) is 8.54. The number of carbonyl (C=O) groups excluding carboxylic acids is 2. The molecule has 3 rings (SSSR count). The first-order valence-corrected chi connectivity index (χ1v) is 13.2. The molecule has 0 unspecified atom stereocenters. The molecule has 0 aliphatic carbocycles. The quantitative estimate of drug-likeness (QED) is 0.329. The van der Waals surface area contributed by atoms with Gasteiger partial charge in [-0.25, -0.2) is 19.3 Å². The molecule has 0 aliphatic heterocycles. The van der Waals surface area contributed by atoms with Crippen molar-refractivity contribution in [2.75, 3.05) is 40.7 Å². The number of benzene rings is 1. The second-order valence-electron chi connectivity index (χ2n) is 7.63. The van der Waals surface area contributed by atoms with Gasteiger partial charge in [0.2, 0.25) is 17.7 Å². The molecular formula is C23H24Cl2N6O9S. The average molecular weight is 631 g/mol. The van der Waals surface area contributed by atoms with E-state index in [0.29, 0.717) is 0 Å². The van der Waals surface area contributed by atoms with Crippen LogP contribution < -0.4 is 24.2 Å². The Labute approximate surface area is 244 Å². The third-order valence-electron chi connectivity index (χ3n) is 4.69. The molecule has 3 N–H and O–H groups in total. The predicted molar refractivity (Wildman–Crippen MR) is 147 cm³/mol. The monoisotopic (exact) mass is 630 g/mol. The van der Waals surface area contributed by atoms with Gasteiger partial charge in [0.25, 0.3) is 15.9 Å². The lowest BCUT2D eigenvalue weighted by molar-refractivity contribution is 0.0693. The van der Waals surface area contributed by atoms with Gasteiger partial charge < -0.3 is 24.2 Å². The highest BCUT2D eigenvalue weighted by Crippen LogP contribution is 2.33. The molecule has 0 bridgehead atoms. The zero-order valence-corrected chi connectivity index (χ0v) is 24.5. The van der Waals surface area contributed by atoms with Gasteiger partial charge in [-0.15, -0.1) is 0 Å². The first-order valence-electron chi connectivity index (χ1n) is 11.0. The van der Waals surface area contributed by atoms with Gasteiger partial charge in [-0.3, -0.25) is 10.1 Å². The van der Waals surface area contributed by atoms with Crippen molar-refractivity contribution in [1.29, 1.82) is 0 Å². The Bertz CT molecular complexity index is 1530. The normalized spacial score (nSPS) is 10.4. The first kappa shape index (κ1) is 32.8. The van der Waals surface area contributed by atoms with Crippen LogP contribution in [0.2, 0.25) is 10.0 Å². The number of methoxy groups -OCH3 is 3. The largest absolute Gasteiger partial charge is 0.494 e. The van der Waals surface area contributed by atoms with Crippen LogP contribution in [0.5, 0.6) is 17.5 Å². The molecule has 0 radical (unpaired) electrons. The van der Waals surface area contributed by atoms with E-state index in [9.17, 15) is 22.8 Å². The van der Waals surface area contributed by atoms with Gasteiger partial charge in [0.05, 0.1) is 43.0 Å². The number of anilines is 1. The molecule has 1 aromatic carbocycles. The van der Waals surface area contributed by atoms with Crippen molar-refractivity contribution in [3.8, 4) is 17.5 Å². The number of sulfonamides is 1. The van der Waals surface area contributed by atoms with Crippen LogP contribution in [0, 0.1) is 0 Å². The van der Waals surface area contributed by atoms with Crippen LogP contribution in [-0.4, -0.2) is 86.7 Å². The summed E-state index contributed by atoms with van der Waals surface area (Å²) < 4.78 is 41.5. The Hall–Kier alpha value is -4.41. The van der Waals surface area contributed by atoms with Crippen LogP contribution in [-0.2, 0) is 10.0 Å². The van der Waals surface area contributed by atoms with E-state index in [0.717, 1.165) is 0 Å². The minimum Gasteiger partial charge on any atom is -0.494 e. The molecular weight excluding hydrogens is 607 g/mol. The summed E-state index contributed by atoms with van der Waals surface area (Å²) >= 11 is 11.4. The number of aromatic carboxylic acids is 1. The smallest absolute Gasteiger partial charge is 0.341 e. The van der Waals surface area contributed by atoms with Crippen LogP contribution in [0.4, 0.5) is 10.7 Å². The number of nitrogens with one attached hydrogen (secondary N) is 2. The van der Waals surface area contributed by atoms with E-state index < -0.39 is 33.0 Å². The van der Waals surface area contributed by atoms with Crippen molar-refractivity contribution in [1.82, 2.24) is 24.6 Å². The molecule has 2 aromatic heterocycles. The van der Waals surface area contributed by atoms with Crippen LogP contribution in [0.1, 0.15) is 20.7 Å². The standard InChI is InChI=1S/C15H18N6O6S.C8H6Cl2O3/c1-21(2)13(22)9-6-5-7-16-12(9)28(24,25)20-15(23)19-14-17-10(26-3)8-11(18-14)27-4;1-13-7-5(10)3-2-4(9)6(7)8(11)12/h5-8H,1-4H3,(H2,17,18,19,20,23);2-3H,1H3,(H,11,12). The van der Waals surface area contributed by atoms with Crippen LogP contribution >= 0.6 is 23.2 Å². The Kier molecular flexibility index (Phi) is 11.4. The Morgan fingerprint density at radius 2 is 1.54 bits per heavy atom. The summed E-state index contributed by atoms with van der Waals surface area (Å²) in [7, 11) is 2.49. The number of amides is 3. The first-order chi connectivity index (χ1) is 19.2. The van der Waals surface area contributed by atoms with Crippen molar-refractivity contribution in [3.05, 3.63) is 57.7 Å². The number of carbonyl (C=O) groups is 3. The van der Waals surface area contributed by atoms with Crippen molar-refractivity contribution in [2.24, 2.45) is 0 Å². The zero-order chi connectivity index (χ0) is 30.9. The maximum absolute atomic E-state index is 12.5. The molecule has 15 nitrogen and oxygen atoms in total. The number of hydrogen-bond acceptors (Lipinski definition) is 11. The molecule has 0 saturated carbocycles. The van der Waals surface area contributed by atoms with Crippen molar-refractivity contribution >= 4 is 57.1 Å². The summed E-state index contributed by atoms with van der Waals surface area (Å²) in [5.41, 5.74) is -0.302. The summed E-state index contributed by atoms with van der Waals surface area (Å²) in [5.74, 6) is -1.74. The lowest BCUT2D eigenvalue weighted by Crippen LogP contribution is -2.36. The lowest BCUT2D eigenvalue weighted by atomic mass is 10.2. The topological polar surface area (TPSA) is 199 Å². The summed E-state index contributed by atoms with van der Waals surface area (Å²) in [6, 6.07) is 5.80. The number of ether oxygens (including phenoxy) is 3. The molecule has 0 saturated heterocycles. The molecule has 41 heavy (non-hydrogen) atoms. The van der Waals surface area contributed by atoms with Gasteiger partial charge in [0.1, 0.15) is 5.56 Å². The van der Waals surface area contributed by atoms with Crippen molar-refractivity contribution < 1.29 is 42.1 Å². The summed E-state index contributed by atoms with van der Waals surface area (Å²) in [6.07, 6.45) is 1.19. The SMILES string of the molecule is COc1c(Cl)ccc(Cl)c1C(=O)O.COc1cc(OC)nc(NC(=O)NS(=O)(=O)c2ncccc2C(=O)N(C)C)n1. The van der Waals surface area contributed by atoms with Crippen molar-refractivity contribution in [2.45, 2.75) is 5.03 Å². The minimum atomic E-state index is -4.46. The fourth-order valence-electron chi connectivity index (χ4n) is 2.91. The summed E-state index contributed by atoms with van der Waals surface area (Å²) in [4.78, 5) is 47.7. The van der Waals surface area contributed by atoms with Gasteiger partial charge in [-0.1, -0.05) is 23.2 Å². The number of urea groups is 1. The molecule has 2 heterocycles. The van der Waals surface area contributed by atoms with Gasteiger partial charge in [0.15, 0.2) is 10.8 Å². The van der Waals surface area contributed by atoms with Gasteiger partial charge in [0, 0.05) is 20.3 Å². The molecule has 3 amide bonds. The number of halogens is 2. The number of hydrogen-bond donors (Lipinski definition) is 3. The van der Waals surface area contributed by atoms with E-state index in [1.165, 1.54) is 76.9 Å². The maximum Gasteiger partial charge on any atom is 0.341 e. The zero-order valence-electron chi connectivity index (χ0n) is 22.1. The molecule has 0 spiro atoms. The second kappa shape index (κ2) is 14.3. The highest BCUT2D eigenvalue weighted by atomic mass is 35.5. The molecule has 0 fully saturated rings. The fraction of sp³-hybridized carbons (Fsp3) is 0.217. The summed E-state index contributed by atoms with van der Waals surface area (Å²) in [5, 5.41) is 10.7. The number of aromatic nitrogens is 3. The fourth-order valence-corrected chi connectivity index (χ4v) is 4.41. The third-order valence-corrected chi connectivity index (χ3v) is 6.59. The number of carboxylic acids is 1. The number of carboxylic acid groups (broad SMARTS) is 1. The van der Waals surface area contributed by atoms with Gasteiger partial charge in [-0.2, -0.15) is 18.4 Å². The van der Waals surface area contributed by atoms with Crippen LogP contribution in [0.3, 0.4) is 0 Å².